The van der Waals surface area contributed by atoms with Gasteiger partial charge in [0, 0.05) is 19.3 Å². The zero-order chi connectivity index (χ0) is 10.9. The molecule has 1 fully saturated rings. The second-order valence-corrected chi connectivity index (χ2v) is 5.10. The van der Waals surface area contributed by atoms with E-state index in [4.69, 9.17) is 0 Å². The Morgan fingerprint density at radius 1 is 1.60 bits per heavy atom. The topological polar surface area (TPSA) is 29.9 Å². The lowest BCUT2D eigenvalue weighted by atomic mass is 10.0. The SMILES string of the molecule is CC(NCCc1cnn(C)c1)C1(C)CC1. The summed E-state index contributed by atoms with van der Waals surface area (Å²) in [6, 6.07) is 0.647. The van der Waals surface area contributed by atoms with E-state index in [0.717, 1.165) is 13.0 Å². The van der Waals surface area contributed by atoms with Crippen LogP contribution >= 0.6 is 0 Å². The molecule has 1 aromatic rings. The molecule has 0 bridgehead atoms. The minimum atomic E-state index is 0.578. The predicted molar refractivity (Wildman–Crippen MR) is 61.7 cm³/mol. The third-order valence-corrected chi connectivity index (χ3v) is 3.71. The molecule has 0 aliphatic heterocycles. The maximum absolute atomic E-state index is 4.16. The van der Waals surface area contributed by atoms with Gasteiger partial charge in [0.2, 0.25) is 0 Å². The van der Waals surface area contributed by atoms with Crippen molar-refractivity contribution >= 4 is 0 Å². The van der Waals surface area contributed by atoms with Gasteiger partial charge in [-0.1, -0.05) is 6.92 Å². The molecule has 1 unspecified atom stereocenters. The van der Waals surface area contributed by atoms with E-state index in [1.54, 1.807) is 0 Å². The molecule has 1 saturated carbocycles. The van der Waals surface area contributed by atoms with Gasteiger partial charge in [-0.05, 0) is 43.7 Å². The smallest absolute Gasteiger partial charge is 0.0522 e. The van der Waals surface area contributed by atoms with E-state index in [2.05, 4.69) is 30.5 Å². The minimum absolute atomic E-state index is 0.578. The van der Waals surface area contributed by atoms with E-state index in [-0.39, 0.29) is 0 Å². The van der Waals surface area contributed by atoms with Crippen molar-refractivity contribution in [2.75, 3.05) is 6.54 Å². The molecule has 1 N–H and O–H groups in total. The maximum Gasteiger partial charge on any atom is 0.0522 e. The van der Waals surface area contributed by atoms with E-state index in [9.17, 15) is 0 Å². The second-order valence-electron chi connectivity index (χ2n) is 5.10. The molecule has 3 heteroatoms. The number of aromatic nitrogens is 2. The van der Waals surface area contributed by atoms with E-state index in [1.807, 2.05) is 17.9 Å². The summed E-state index contributed by atoms with van der Waals surface area (Å²) in [7, 11) is 1.96. The summed E-state index contributed by atoms with van der Waals surface area (Å²) in [4.78, 5) is 0. The average Bonchev–Trinajstić information content (AvgIpc) is 2.81. The van der Waals surface area contributed by atoms with Crippen molar-refractivity contribution < 1.29 is 0 Å². The molecule has 1 heterocycles. The number of nitrogens with zero attached hydrogens (tertiary/aromatic N) is 2. The normalized spacial score (nSPS) is 20.2. The van der Waals surface area contributed by atoms with Crippen molar-refractivity contribution in [2.45, 2.75) is 39.2 Å². The highest BCUT2D eigenvalue weighted by atomic mass is 15.2. The molecular formula is C12H21N3. The first-order chi connectivity index (χ1) is 7.10. The Hall–Kier alpha value is -0.830. The first-order valence-electron chi connectivity index (χ1n) is 5.81. The molecule has 0 radical (unpaired) electrons. The van der Waals surface area contributed by atoms with Gasteiger partial charge in [0.25, 0.3) is 0 Å². The van der Waals surface area contributed by atoms with Crippen LogP contribution in [0.4, 0.5) is 0 Å². The van der Waals surface area contributed by atoms with Crippen LogP contribution in [0.15, 0.2) is 12.4 Å². The third-order valence-electron chi connectivity index (χ3n) is 3.71. The number of nitrogens with one attached hydrogen (secondary N) is 1. The van der Waals surface area contributed by atoms with Crippen molar-refractivity contribution in [3.63, 3.8) is 0 Å². The summed E-state index contributed by atoms with van der Waals surface area (Å²) in [6.45, 7) is 5.73. The van der Waals surface area contributed by atoms with Crippen molar-refractivity contribution in [3.05, 3.63) is 18.0 Å². The summed E-state index contributed by atoms with van der Waals surface area (Å²) in [5.41, 5.74) is 1.90. The van der Waals surface area contributed by atoms with Crippen LogP contribution in [0.5, 0.6) is 0 Å². The van der Waals surface area contributed by atoms with E-state index < -0.39 is 0 Å². The van der Waals surface area contributed by atoms with Gasteiger partial charge in [0.15, 0.2) is 0 Å². The molecule has 2 rings (SSSR count). The van der Waals surface area contributed by atoms with Crippen LogP contribution in [-0.4, -0.2) is 22.4 Å². The second kappa shape index (κ2) is 3.97. The zero-order valence-corrected chi connectivity index (χ0v) is 9.95. The Balaban J connectivity index is 1.71. The molecule has 1 atom stereocenters. The molecule has 1 aliphatic carbocycles. The van der Waals surface area contributed by atoms with Crippen molar-refractivity contribution in [3.8, 4) is 0 Å². The van der Waals surface area contributed by atoms with Crippen LogP contribution in [0.3, 0.4) is 0 Å². The molecule has 1 aliphatic rings. The number of rotatable bonds is 5. The average molecular weight is 207 g/mol. The Kier molecular flexibility index (Phi) is 2.83. The standard InChI is InChI=1S/C12H21N3/c1-10(12(2)5-6-12)13-7-4-11-8-14-15(3)9-11/h8-10,13H,4-7H2,1-3H3. The zero-order valence-electron chi connectivity index (χ0n) is 9.95. The molecule has 3 nitrogen and oxygen atoms in total. The van der Waals surface area contributed by atoms with Gasteiger partial charge < -0.3 is 5.32 Å². The van der Waals surface area contributed by atoms with Crippen molar-refractivity contribution in [1.29, 1.82) is 0 Å². The molecule has 0 amide bonds. The first-order valence-corrected chi connectivity index (χ1v) is 5.81. The number of aryl methyl sites for hydroxylation is 1. The van der Waals surface area contributed by atoms with Crippen LogP contribution in [-0.2, 0) is 13.5 Å². The van der Waals surface area contributed by atoms with E-state index in [1.165, 1.54) is 18.4 Å². The quantitative estimate of drug-likeness (QED) is 0.797. The van der Waals surface area contributed by atoms with Gasteiger partial charge in [0.1, 0.15) is 0 Å². The predicted octanol–water partition coefficient (Wildman–Crippen LogP) is 1.74. The van der Waals surface area contributed by atoms with Crippen LogP contribution in [0.2, 0.25) is 0 Å². The van der Waals surface area contributed by atoms with E-state index in [0.29, 0.717) is 11.5 Å². The van der Waals surface area contributed by atoms with Crippen LogP contribution in [0.1, 0.15) is 32.3 Å². The highest BCUT2D eigenvalue weighted by molar-refractivity contribution is 5.04. The lowest BCUT2D eigenvalue weighted by molar-refractivity contribution is 0.383. The summed E-state index contributed by atoms with van der Waals surface area (Å²) in [5, 5.41) is 7.77. The van der Waals surface area contributed by atoms with Crippen LogP contribution in [0, 0.1) is 5.41 Å². The Labute approximate surface area is 91.9 Å². The van der Waals surface area contributed by atoms with E-state index >= 15 is 0 Å². The number of hydrogen-bond donors (Lipinski definition) is 1. The Morgan fingerprint density at radius 2 is 2.33 bits per heavy atom. The van der Waals surface area contributed by atoms with Gasteiger partial charge in [-0.15, -0.1) is 0 Å². The van der Waals surface area contributed by atoms with Gasteiger partial charge in [0.05, 0.1) is 6.20 Å². The van der Waals surface area contributed by atoms with Crippen molar-refractivity contribution in [1.82, 2.24) is 15.1 Å². The molecule has 0 saturated heterocycles. The van der Waals surface area contributed by atoms with Crippen LogP contribution in [0.25, 0.3) is 0 Å². The monoisotopic (exact) mass is 207 g/mol. The number of hydrogen-bond acceptors (Lipinski definition) is 2. The van der Waals surface area contributed by atoms with Gasteiger partial charge in [-0.2, -0.15) is 5.10 Å². The Morgan fingerprint density at radius 3 is 2.87 bits per heavy atom. The summed E-state index contributed by atoms with van der Waals surface area (Å²) >= 11 is 0. The lowest BCUT2D eigenvalue weighted by Gasteiger charge is -2.20. The fourth-order valence-corrected chi connectivity index (χ4v) is 1.91. The van der Waals surface area contributed by atoms with Gasteiger partial charge in [-0.3, -0.25) is 4.68 Å². The highest BCUT2D eigenvalue weighted by Gasteiger charge is 2.41. The summed E-state index contributed by atoms with van der Waals surface area (Å²) in [5.74, 6) is 0. The van der Waals surface area contributed by atoms with Gasteiger partial charge in [-0.25, -0.2) is 0 Å². The third kappa shape index (κ3) is 2.59. The van der Waals surface area contributed by atoms with Crippen molar-refractivity contribution in [2.24, 2.45) is 12.5 Å². The highest BCUT2D eigenvalue weighted by Crippen LogP contribution is 2.47. The maximum atomic E-state index is 4.16. The molecule has 0 spiro atoms. The summed E-state index contributed by atoms with van der Waals surface area (Å²) in [6.07, 6.45) is 7.88. The first kappa shape index (κ1) is 10.7. The molecule has 1 aromatic heterocycles. The fourth-order valence-electron chi connectivity index (χ4n) is 1.91. The molecule has 15 heavy (non-hydrogen) atoms. The molecular weight excluding hydrogens is 186 g/mol. The summed E-state index contributed by atoms with van der Waals surface area (Å²) < 4.78 is 1.86. The van der Waals surface area contributed by atoms with Gasteiger partial charge >= 0.3 is 0 Å². The minimum Gasteiger partial charge on any atom is -0.313 e. The van der Waals surface area contributed by atoms with Crippen LogP contribution < -0.4 is 5.32 Å². The largest absolute Gasteiger partial charge is 0.313 e. The Bertz CT molecular complexity index is 325. The lowest BCUT2D eigenvalue weighted by Crippen LogP contribution is -2.34. The fraction of sp³-hybridized carbons (Fsp3) is 0.750. The molecule has 0 aromatic carbocycles. The molecule has 84 valence electrons.